The van der Waals surface area contributed by atoms with Crippen molar-refractivity contribution >= 4 is 5.97 Å². The molecule has 0 spiro atoms. The van der Waals surface area contributed by atoms with Gasteiger partial charge in [0.2, 0.25) is 0 Å². The molecule has 0 aliphatic carbocycles. The monoisotopic (exact) mass is 222 g/mol. The highest BCUT2D eigenvalue weighted by molar-refractivity contribution is 5.93. The fourth-order valence-corrected chi connectivity index (χ4v) is 1.65. The molecule has 3 heteroatoms. The number of phenolic OH excluding ortho intramolecular Hbond substituents is 1. The fourth-order valence-electron chi connectivity index (χ4n) is 1.65. The standard InChI is InChI=1S/C13H18O3/c1-7(2)16-13(15)12-8(3)6-11(14)9(4)10(12)5/h6-7,14H,1-5H3. The van der Waals surface area contributed by atoms with Crippen molar-refractivity contribution in [1.29, 1.82) is 0 Å². The van der Waals surface area contributed by atoms with Crippen molar-refractivity contribution in [2.24, 2.45) is 0 Å². The maximum atomic E-state index is 11.9. The number of carbonyl (C=O) groups excluding carboxylic acids is 1. The maximum absolute atomic E-state index is 11.9. The summed E-state index contributed by atoms with van der Waals surface area (Å²) >= 11 is 0. The van der Waals surface area contributed by atoms with Crippen LogP contribution in [0.25, 0.3) is 0 Å². The zero-order valence-corrected chi connectivity index (χ0v) is 10.4. The molecule has 3 nitrogen and oxygen atoms in total. The Kier molecular flexibility index (Phi) is 3.58. The quantitative estimate of drug-likeness (QED) is 0.783. The van der Waals surface area contributed by atoms with Gasteiger partial charge in [-0.05, 0) is 57.4 Å². The Labute approximate surface area is 96.1 Å². The molecule has 1 aromatic carbocycles. The molecular weight excluding hydrogens is 204 g/mol. The van der Waals surface area contributed by atoms with Crippen LogP contribution in [-0.2, 0) is 4.74 Å². The number of ether oxygens (including phenoxy) is 1. The summed E-state index contributed by atoms with van der Waals surface area (Å²) in [6, 6.07) is 1.60. The third kappa shape index (κ3) is 2.35. The Bertz CT molecular complexity index is 420. The molecule has 0 atom stereocenters. The zero-order chi connectivity index (χ0) is 12.5. The predicted octanol–water partition coefficient (Wildman–Crippen LogP) is 2.88. The van der Waals surface area contributed by atoms with Gasteiger partial charge in [0.15, 0.2) is 0 Å². The van der Waals surface area contributed by atoms with Crippen LogP contribution in [0.1, 0.15) is 40.9 Å². The van der Waals surface area contributed by atoms with Crippen molar-refractivity contribution in [2.75, 3.05) is 0 Å². The summed E-state index contributed by atoms with van der Waals surface area (Å²) < 4.78 is 5.17. The Morgan fingerprint density at radius 3 is 2.31 bits per heavy atom. The first-order valence-electron chi connectivity index (χ1n) is 5.35. The number of hydrogen-bond acceptors (Lipinski definition) is 3. The van der Waals surface area contributed by atoms with Crippen molar-refractivity contribution in [3.05, 3.63) is 28.3 Å². The summed E-state index contributed by atoms with van der Waals surface area (Å²) in [5, 5.41) is 9.62. The highest BCUT2D eigenvalue weighted by Gasteiger charge is 2.18. The van der Waals surface area contributed by atoms with Crippen LogP contribution in [-0.4, -0.2) is 17.2 Å². The Hall–Kier alpha value is -1.51. The van der Waals surface area contributed by atoms with E-state index in [1.807, 2.05) is 20.8 Å². The van der Waals surface area contributed by atoms with Crippen molar-refractivity contribution in [1.82, 2.24) is 0 Å². The third-order valence-electron chi connectivity index (χ3n) is 2.62. The highest BCUT2D eigenvalue weighted by atomic mass is 16.5. The molecule has 0 saturated heterocycles. The Balaban J connectivity index is 3.24. The average Bonchev–Trinajstić information content (AvgIpc) is 2.13. The Morgan fingerprint density at radius 1 is 1.25 bits per heavy atom. The zero-order valence-electron chi connectivity index (χ0n) is 10.4. The number of phenols is 1. The fraction of sp³-hybridized carbons (Fsp3) is 0.462. The van der Waals surface area contributed by atoms with E-state index in [1.165, 1.54) is 0 Å². The number of carbonyl (C=O) groups is 1. The van der Waals surface area contributed by atoms with Gasteiger partial charge in [0.1, 0.15) is 5.75 Å². The van der Waals surface area contributed by atoms with E-state index in [2.05, 4.69) is 0 Å². The first kappa shape index (κ1) is 12.6. The number of rotatable bonds is 2. The third-order valence-corrected chi connectivity index (χ3v) is 2.62. The highest BCUT2D eigenvalue weighted by Crippen LogP contribution is 2.27. The van der Waals surface area contributed by atoms with Crippen LogP contribution in [0.3, 0.4) is 0 Å². The normalized spacial score (nSPS) is 10.6. The minimum Gasteiger partial charge on any atom is -0.508 e. The van der Waals surface area contributed by atoms with E-state index in [0.717, 1.165) is 16.7 Å². The summed E-state index contributed by atoms with van der Waals surface area (Å²) in [6.07, 6.45) is -0.139. The van der Waals surface area contributed by atoms with E-state index in [0.29, 0.717) is 5.56 Å². The van der Waals surface area contributed by atoms with E-state index in [9.17, 15) is 9.90 Å². The molecule has 1 N–H and O–H groups in total. The van der Waals surface area contributed by atoms with E-state index < -0.39 is 0 Å². The topological polar surface area (TPSA) is 46.5 Å². The molecule has 0 saturated carbocycles. The first-order chi connectivity index (χ1) is 7.34. The minimum absolute atomic E-state index is 0.139. The number of aromatic hydroxyl groups is 1. The molecule has 0 amide bonds. The summed E-state index contributed by atoms with van der Waals surface area (Å²) in [4.78, 5) is 11.9. The second kappa shape index (κ2) is 4.56. The second-order valence-corrected chi connectivity index (χ2v) is 4.29. The SMILES string of the molecule is Cc1cc(O)c(C)c(C)c1C(=O)OC(C)C. The minimum atomic E-state index is -0.326. The molecule has 0 fully saturated rings. The molecular formula is C13H18O3. The molecule has 0 heterocycles. The van der Waals surface area contributed by atoms with Crippen LogP contribution in [0.4, 0.5) is 0 Å². The molecule has 0 unspecified atom stereocenters. The van der Waals surface area contributed by atoms with Gasteiger partial charge in [-0.15, -0.1) is 0 Å². The van der Waals surface area contributed by atoms with Crippen molar-refractivity contribution < 1.29 is 14.6 Å². The Morgan fingerprint density at radius 2 is 1.81 bits per heavy atom. The van der Waals surface area contributed by atoms with Gasteiger partial charge in [0.05, 0.1) is 11.7 Å². The van der Waals surface area contributed by atoms with Crippen molar-refractivity contribution in [3.63, 3.8) is 0 Å². The molecule has 16 heavy (non-hydrogen) atoms. The first-order valence-corrected chi connectivity index (χ1v) is 5.35. The molecule has 0 aromatic heterocycles. The van der Waals surface area contributed by atoms with Gasteiger partial charge in [-0.2, -0.15) is 0 Å². The lowest BCUT2D eigenvalue weighted by Gasteiger charge is -2.14. The van der Waals surface area contributed by atoms with Crippen LogP contribution in [0.2, 0.25) is 0 Å². The van der Waals surface area contributed by atoms with Gasteiger partial charge < -0.3 is 9.84 Å². The number of aryl methyl sites for hydroxylation is 1. The van der Waals surface area contributed by atoms with Crippen LogP contribution in [0.5, 0.6) is 5.75 Å². The molecule has 1 rings (SSSR count). The van der Waals surface area contributed by atoms with Crippen molar-refractivity contribution in [3.8, 4) is 5.75 Å². The second-order valence-electron chi connectivity index (χ2n) is 4.29. The summed E-state index contributed by atoms with van der Waals surface area (Å²) in [6.45, 7) is 9.03. The van der Waals surface area contributed by atoms with Crippen LogP contribution in [0, 0.1) is 20.8 Å². The van der Waals surface area contributed by atoms with Crippen LogP contribution < -0.4 is 0 Å². The number of hydrogen-bond donors (Lipinski definition) is 1. The predicted molar refractivity (Wildman–Crippen MR) is 62.9 cm³/mol. The van der Waals surface area contributed by atoms with Gasteiger partial charge in [0.25, 0.3) is 0 Å². The lowest BCUT2D eigenvalue weighted by Crippen LogP contribution is -2.14. The molecule has 0 aliphatic heterocycles. The molecule has 0 bridgehead atoms. The maximum Gasteiger partial charge on any atom is 0.338 e. The summed E-state index contributed by atoms with van der Waals surface area (Å²) in [5.41, 5.74) is 2.81. The molecule has 1 aromatic rings. The lowest BCUT2D eigenvalue weighted by molar-refractivity contribution is 0.0376. The van der Waals surface area contributed by atoms with Gasteiger partial charge in [-0.1, -0.05) is 0 Å². The largest absolute Gasteiger partial charge is 0.508 e. The van der Waals surface area contributed by atoms with E-state index >= 15 is 0 Å². The van der Waals surface area contributed by atoms with Gasteiger partial charge in [-0.3, -0.25) is 0 Å². The van der Waals surface area contributed by atoms with E-state index in [4.69, 9.17) is 4.74 Å². The lowest BCUT2D eigenvalue weighted by atomic mass is 9.97. The molecule has 0 radical (unpaired) electrons. The summed E-state index contributed by atoms with van der Waals surface area (Å²) in [7, 11) is 0. The molecule has 88 valence electrons. The van der Waals surface area contributed by atoms with Crippen molar-refractivity contribution in [2.45, 2.75) is 40.7 Å². The number of esters is 1. The van der Waals surface area contributed by atoms with Gasteiger partial charge in [0, 0.05) is 0 Å². The van der Waals surface area contributed by atoms with Gasteiger partial charge in [-0.25, -0.2) is 4.79 Å². The smallest absolute Gasteiger partial charge is 0.338 e. The van der Waals surface area contributed by atoms with Crippen LogP contribution >= 0.6 is 0 Å². The summed E-state index contributed by atoms with van der Waals surface area (Å²) in [5.74, 6) is -0.107. The van der Waals surface area contributed by atoms with E-state index in [-0.39, 0.29) is 17.8 Å². The number of benzene rings is 1. The van der Waals surface area contributed by atoms with Crippen LogP contribution in [0.15, 0.2) is 6.07 Å². The average molecular weight is 222 g/mol. The molecule has 0 aliphatic rings. The van der Waals surface area contributed by atoms with Gasteiger partial charge >= 0.3 is 5.97 Å². The van der Waals surface area contributed by atoms with E-state index in [1.54, 1.807) is 19.9 Å².